The molecule has 100 valence electrons. The largest absolute Gasteiger partial charge is 0.497 e. The van der Waals surface area contributed by atoms with Crippen LogP contribution in [0.2, 0.25) is 0 Å². The average molecular weight is 262 g/mol. The Morgan fingerprint density at radius 1 is 1.42 bits per heavy atom. The van der Waals surface area contributed by atoms with Crippen LogP contribution in [-0.2, 0) is 6.54 Å². The topological polar surface area (TPSA) is 44.1 Å². The van der Waals surface area contributed by atoms with Gasteiger partial charge in [0.15, 0.2) is 6.29 Å². The number of aldehydes is 1. The van der Waals surface area contributed by atoms with Gasteiger partial charge in [0.25, 0.3) is 0 Å². The van der Waals surface area contributed by atoms with Crippen LogP contribution in [0, 0.1) is 19.7 Å². The Kier molecular flexibility index (Phi) is 3.64. The predicted octanol–water partition coefficient (Wildman–Crippen LogP) is 2.51. The lowest BCUT2D eigenvalue weighted by Crippen LogP contribution is -2.06. The molecule has 2 rings (SSSR count). The van der Waals surface area contributed by atoms with Crippen LogP contribution in [0.5, 0.6) is 5.75 Å². The lowest BCUT2D eigenvalue weighted by molar-refractivity contribution is 0.112. The van der Waals surface area contributed by atoms with Crippen molar-refractivity contribution in [3.8, 4) is 5.75 Å². The Morgan fingerprint density at radius 3 is 2.68 bits per heavy atom. The summed E-state index contributed by atoms with van der Waals surface area (Å²) in [5.74, 6) is 0.128. The van der Waals surface area contributed by atoms with Crippen LogP contribution in [0.1, 0.15) is 27.3 Å². The Morgan fingerprint density at radius 2 is 2.16 bits per heavy atom. The molecule has 0 spiro atoms. The van der Waals surface area contributed by atoms with Crippen LogP contribution in [0.4, 0.5) is 4.39 Å². The van der Waals surface area contributed by atoms with E-state index in [1.807, 2.05) is 0 Å². The molecule has 1 aromatic carbocycles. The number of ether oxygens (including phenoxy) is 1. The molecule has 0 aliphatic carbocycles. The van der Waals surface area contributed by atoms with Gasteiger partial charge in [0.2, 0.25) is 0 Å². The smallest absolute Gasteiger partial charge is 0.153 e. The molecule has 0 fully saturated rings. The summed E-state index contributed by atoms with van der Waals surface area (Å²) in [6.45, 7) is 3.85. The van der Waals surface area contributed by atoms with Gasteiger partial charge in [-0.15, -0.1) is 0 Å². The van der Waals surface area contributed by atoms with E-state index in [1.54, 1.807) is 30.7 Å². The van der Waals surface area contributed by atoms with Gasteiger partial charge in [0.05, 0.1) is 24.9 Å². The fourth-order valence-corrected chi connectivity index (χ4v) is 1.98. The standard InChI is InChI=1S/C14H15FN2O2/c1-9-13(8-18)10(2)17(16-9)7-11-4-5-12(19-3)6-14(11)15/h4-6,8H,7H2,1-3H3. The van der Waals surface area contributed by atoms with Crippen molar-refractivity contribution in [3.63, 3.8) is 0 Å². The number of rotatable bonds is 4. The quantitative estimate of drug-likeness (QED) is 0.795. The van der Waals surface area contributed by atoms with Gasteiger partial charge in [-0.25, -0.2) is 4.39 Å². The van der Waals surface area contributed by atoms with Crippen molar-refractivity contribution in [2.24, 2.45) is 0 Å². The van der Waals surface area contributed by atoms with Gasteiger partial charge in [-0.1, -0.05) is 6.07 Å². The molecule has 4 nitrogen and oxygen atoms in total. The van der Waals surface area contributed by atoms with Gasteiger partial charge in [-0.2, -0.15) is 5.10 Å². The second kappa shape index (κ2) is 5.22. The number of aromatic nitrogens is 2. The van der Waals surface area contributed by atoms with E-state index in [9.17, 15) is 9.18 Å². The van der Waals surface area contributed by atoms with E-state index in [0.29, 0.717) is 22.6 Å². The zero-order valence-corrected chi connectivity index (χ0v) is 11.1. The minimum absolute atomic E-state index is 0.288. The van der Waals surface area contributed by atoms with Gasteiger partial charge < -0.3 is 4.74 Å². The van der Waals surface area contributed by atoms with Crippen molar-refractivity contribution in [1.82, 2.24) is 9.78 Å². The van der Waals surface area contributed by atoms with E-state index in [1.165, 1.54) is 13.2 Å². The number of hydrogen-bond acceptors (Lipinski definition) is 3. The highest BCUT2D eigenvalue weighted by Crippen LogP contribution is 2.18. The van der Waals surface area contributed by atoms with Crippen LogP contribution < -0.4 is 4.74 Å². The van der Waals surface area contributed by atoms with E-state index < -0.39 is 0 Å². The number of hydrogen-bond donors (Lipinski definition) is 0. The molecular formula is C14H15FN2O2. The number of halogens is 1. The molecule has 0 aliphatic heterocycles. The summed E-state index contributed by atoms with van der Waals surface area (Å²) in [7, 11) is 1.49. The number of nitrogens with zero attached hydrogens (tertiary/aromatic N) is 2. The van der Waals surface area contributed by atoms with Crippen molar-refractivity contribution in [1.29, 1.82) is 0 Å². The molecule has 0 atom stereocenters. The van der Waals surface area contributed by atoms with Crippen LogP contribution in [0.25, 0.3) is 0 Å². The molecule has 19 heavy (non-hydrogen) atoms. The lowest BCUT2D eigenvalue weighted by Gasteiger charge is -2.07. The number of methoxy groups -OCH3 is 1. The third-order valence-electron chi connectivity index (χ3n) is 3.14. The first-order chi connectivity index (χ1) is 9.06. The fraction of sp³-hybridized carbons (Fsp3) is 0.286. The molecule has 0 amide bonds. The molecule has 0 saturated heterocycles. The summed E-state index contributed by atoms with van der Waals surface area (Å²) in [5.41, 5.74) is 2.46. The van der Waals surface area contributed by atoms with Gasteiger partial charge in [0, 0.05) is 17.3 Å². The number of benzene rings is 1. The normalized spacial score (nSPS) is 10.5. The predicted molar refractivity (Wildman–Crippen MR) is 69.1 cm³/mol. The summed E-state index contributed by atoms with van der Waals surface area (Å²) in [5, 5.41) is 4.25. The summed E-state index contributed by atoms with van der Waals surface area (Å²) >= 11 is 0. The van der Waals surface area contributed by atoms with Crippen molar-refractivity contribution in [2.45, 2.75) is 20.4 Å². The maximum absolute atomic E-state index is 13.9. The van der Waals surface area contributed by atoms with E-state index >= 15 is 0 Å². The maximum Gasteiger partial charge on any atom is 0.153 e. The number of carbonyl (C=O) groups excluding carboxylic acids is 1. The van der Waals surface area contributed by atoms with E-state index in [0.717, 1.165) is 12.0 Å². The Balaban J connectivity index is 2.34. The second-order valence-electron chi connectivity index (χ2n) is 4.32. The van der Waals surface area contributed by atoms with Crippen molar-refractivity contribution in [2.75, 3.05) is 7.11 Å². The maximum atomic E-state index is 13.9. The Labute approximate surface area is 110 Å². The average Bonchev–Trinajstić information content (AvgIpc) is 2.66. The van der Waals surface area contributed by atoms with Crippen molar-refractivity contribution >= 4 is 6.29 Å². The fourth-order valence-electron chi connectivity index (χ4n) is 1.98. The van der Waals surface area contributed by atoms with Crippen LogP contribution in [0.15, 0.2) is 18.2 Å². The first-order valence-electron chi connectivity index (χ1n) is 5.88. The minimum Gasteiger partial charge on any atom is -0.497 e. The zero-order valence-electron chi connectivity index (χ0n) is 11.1. The first-order valence-corrected chi connectivity index (χ1v) is 5.88. The molecule has 0 radical (unpaired) electrons. The summed E-state index contributed by atoms with van der Waals surface area (Å²) < 4.78 is 20.4. The zero-order chi connectivity index (χ0) is 14.0. The number of carbonyl (C=O) groups is 1. The Bertz CT molecular complexity index is 620. The molecule has 0 saturated carbocycles. The van der Waals surface area contributed by atoms with Crippen LogP contribution in [0.3, 0.4) is 0 Å². The van der Waals surface area contributed by atoms with E-state index in [2.05, 4.69) is 5.10 Å². The van der Waals surface area contributed by atoms with Crippen molar-refractivity contribution in [3.05, 3.63) is 46.5 Å². The molecule has 0 aliphatic rings. The van der Waals surface area contributed by atoms with E-state index in [-0.39, 0.29) is 12.4 Å². The SMILES string of the molecule is COc1ccc(Cn2nc(C)c(C=O)c2C)c(F)c1. The number of aryl methyl sites for hydroxylation is 1. The van der Waals surface area contributed by atoms with Gasteiger partial charge >= 0.3 is 0 Å². The molecule has 1 heterocycles. The summed E-state index contributed by atoms with van der Waals surface area (Å²) in [6, 6.07) is 4.69. The monoisotopic (exact) mass is 262 g/mol. The first kappa shape index (κ1) is 13.3. The van der Waals surface area contributed by atoms with Crippen LogP contribution >= 0.6 is 0 Å². The van der Waals surface area contributed by atoms with Crippen molar-refractivity contribution < 1.29 is 13.9 Å². The van der Waals surface area contributed by atoms with Gasteiger partial charge in [-0.05, 0) is 19.9 Å². The van der Waals surface area contributed by atoms with E-state index in [4.69, 9.17) is 4.74 Å². The second-order valence-corrected chi connectivity index (χ2v) is 4.32. The third kappa shape index (κ3) is 2.50. The molecule has 5 heteroatoms. The summed E-state index contributed by atoms with van der Waals surface area (Å²) in [4.78, 5) is 10.9. The molecule has 0 unspecified atom stereocenters. The molecule has 0 N–H and O–H groups in total. The molecule has 0 bridgehead atoms. The molecular weight excluding hydrogens is 247 g/mol. The molecule has 2 aromatic rings. The van der Waals surface area contributed by atoms with Crippen LogP contribution in [-0.4, -0.2) is 23.2 Å². The minimum atomic E-state index is -0.348. The third-order valence-corrected chi connectivity index (χ3v) is 3.14. The highest BCUT2D eigenvalue weighted by Gasteiger charge is 2.12. The highest BCUT2D eigenvalue weighted by atomic mass is 19.1. The highest BCUT2D eigenvalue weighted by molar-refractivity contribution is 5.78. The summed E-state index contributed by atoms with van der Waals surface area (Å²) in [6.07, 6.45) is 0.776. The van der Waals surface area contributed by atoms with Gasteiger partial charge in [0.1, 0.15) is 11.6 Å². The Hall–Kier alpha value is -2.17. The molecule has 1 aromatic heterocycles. The van der Waals surface area contributed by atoms with Gasteiger partial charge in [-0.3, -0.25) is 9.48 Å². The lowest BCUT2D eigenvalue weighted by atomic mass is 10.2.